The Morgan fingerprint density at radius 2 is 1.28 bits per heavy atom. The van der Waals surface area contributed by atoms with E-state index in [2.05, 4.69) is 43.5 Å². The molecule has 0 saturated heterocycles. The Morgan fingerprint density at radius 3 is 1.83 bits per heavy atom. The quantitative estimate of drug-likeness (QED) is 0.0349. The number of amides is 3. The lowest BCUT2D eigenvalue weighted by Gasteiger charge is -2.24. The first kappa shape index (κ1) is 33.9. The second-order valence-corrected chi connectivity index (χ2v) is 11.3. The van der Waals surface area contributed by atoms with Crippen LogP contribution in [0.5, 0.6) is 0 Å². The van der Waals surface area contributed by atoms with Crippen LogP contribution in [0.2, 0.25) is 0 Å². The fourth-order valence-electron chi connectivity index (χ4n) is 5.12. The van der Waals surface area contributed by atoms with Crippen LogP contribution in [0.1, 0.15) is 24.0 Å². The average Bonchev–Trinajstić information content (AvgIpc) is 3.64. The smallest absolute Gasteiger partial charge is 0.326 e. The van der Waals surface area contributed by atoms with Crippen LogP contribution >= 0.6 is 12.6 Å². The Labute approximate surface area is 270 Å². The molecule has 0 saturated carbocycles. The van der Waals surface area contributed by atoms with Crippen LogP contribution in [0.25, 0.3) is 21.8 Å². The summed E-state index contributed by atoms with van der Waals surface area (Å²) in [5, 5.41) is 19.5. The van der Waals surface area contributed by atoms with E-state index >= 15 is 0 Å². The van der Waals surface area contributed by atoms with Crippen molar-refractivity contribution in [2.75, 3.05) is 12.3 Å². The van der Waals surface area contributed by atoms with Gasteiger partial charge in [0.1, 0.15) is 18.1 Å². The summed E-state index contributed by atoms with van der Waals surface area (Å²) in [7, 11) is 0. The third-order valence-electron chi connectivity index (χ3n) is 7.57. The van der Waals surface area contributed by atoms with Crippen LogP contribution in [-0.4, -0.2) is 81.2 Å². The van der Waals surface area contributed by atoms with Gasteiger partial charge in [0.05, 0.1) is 6.04 Å². The highest BCUT2D eigenvalue weighted by molar-refractivity contribution is 7.80. The molecule has 4 aromatic rings. The Morgan fingerprint density at radius 1 is 0.783 bits per heavy atom. The SMILES string of the molecule is NC(N)=NCCCC(N)C(=O)NC(Cc1c[nH]c2ccccc12)C(=O)NC(CS)C(=O)NC(Cc1c[nH]c2ccccc12)C(=O)O. The number of guanidine groups is 1. The number of nitrogens with one attached hydrogen (secondary N) is 5. The van der Waals surface area contributed by atoms with E-state index in [-0.39, 0.29) is 31.0 Å². The molecule has 12 N–H and O–H groups in total. The van der Waals surface area contributed by atoms with E-state index < -0.39 is 47.9 Å². The summed E-state index contributed by atoms with van der Waals surface area (Å²) in [4.78, 5) is 62.2. The monoisotopic (exact) mass is 649 g/mol. The lowest BCUT2D eigenvalue weighted by molar-refractivity contribution is -0.142. The Kier molecular flexibility index (Phi) is 11.6. The number of thiol groups is 1. The highest BCUT2D eigenvalue weighted by atomic mass is 32.1. The summed E-state index contributed by atoms with van der Waals surface area (Å²) in [5.41, 5.74) is 19.9. The lowest BCUT2D eigenvalue weighted by Crippen LogP contribution is -2.58. The van der Waals surface area contributed by atoms with Crippen molar-refractivity contribution in [2.45, 2.75) is 49.9 Å². The summed E-state index contributed by atoms with van der Waals surface area (Å²) in [6.07, 6.45) is 4.25. The summed E-state index contributed by atoms with van der Waals surface area (Å²) < 4.78 is 0. The first-order chi connectivity index (χ1) is 22.1. The topological polar surface area (TPSA) is 247 Å². The minimum absolute atomic E-state index is 0.0125. The number of nitrogens with two attached hydrogens (primary N) is 3. The van der Waals surface area contributed by atoms with Gasteiger partial charge in [-0.15, -0.1) is 0 Å². The fraction of sp³-hybridized carbons (Fsp3) is 0.323. The number of para-hydroxylation sites is 2. The molecule has 0 bridgehead atoms. The molecule has 2 aromatic heterocycles. The van der Waals surface area contributed by atoms with Crippen molar-refractivity contribution in [1.29, 1.82) is 0 Å². The van der Waals surface area contributed by atoms with Gasteiger partial charge < -0.3 is 48.2 Å². The molecule has 4 rings (SSSR count). The standard InChI is InChI=1S/C31H39N9O5S/c32-21(8-5-11-35-31(33)34)27(41)38-24(12-17-14-36-22-9-3-1-6-19(17)22)28(42)40-26(16-46)29(43)39-25(30(44)45)13-18-15-37-23-10-4-2-7-20(18)23/h1-4,6-7,9-10,14-15,21,24-26,36-37,46H,5,8,11-13,16,32H2,(H,38,41)(H,39,43)(H,40,42)(H,44,45)(H4,33,34,35). The fourth-order valence-corrected chi connectivity index (χ4v) is 5.38. The molecule has 46 heavy (non-hydrogen) atoms. The normalized spacial score (nSPS) is 13.8. The maximum Gasteiger partial charge on any atom is 0.326 e. The van der Waals surface area contributed by atoms with E-state index in [1.54, 1.807) is 12.4 Å². The highest BCUT2D eigenvalue weighted by Gasteiger charge is 2.31. The molecule has 3 amide bonds. The van der Waals surface area contributed by atoms with Crippen molar-refractivity contribution in [3.05, 3.63) is 72.1 Å². The molecule has 15 heteroatoms. The number of nitrogens with zero attached hydrogens (tertiary/aromatic N) is 1. The van der Waals surface area contributed by atoms with Gasteiger partial charge in [0.15, 0.2) is 5.96 Å². The number of aliphatic carboxylic acids is 1. The largest absolute Gasteiger partial charge is 0.480 e. The van der Waals surface area contributed by atoms with Gasteiger partial charge in [-0.3, -0.25) is 19.4 Å². The molecule has 0 aliphatic heterocycles. The lowest BCUT2D eigenvalue weighted by atomic mass is 10.0. The van der Waals surface area contributed by atoms with Crippen LogP contribution in [0.3, 0.4) is 0 Å². The summed E-state index contributed by atoms with van der Waals surface area (Å²) in [6.45, 7) is 0.291. The predicted molar refractivity (Wildman–Crippen MR) is 179 cm³/mol. The van der Waals surface area contributed by atoms with E-state index in [0.717, 1.165) is 27.4 Å². The van der Waals surface area contributed by atoms with Crippen molar-refractivity contribution in [3.8, 4) is 0 Å². The molecule has 0 fully saturated rings. The van der Waals surface area contributed by atoms with Gasteiger partial charge in [-0.2, -0.15) is 12.6 Å². The van der Waals surface area contributed by atoms with Crippen LogP contribution in [0.4, 0.5) is 0 Å². The summed E-state index contributed by atoms with van der Waals surface area (Å²) in [5.74, 6) is -3.39. The number of fused-ring (bicyclic) bond motifs is 2. The number of aromatic nitrogens is 2. The Bertz CT molecular complexity index is 1710. The van der Waals surface area contributed by atoms with Crippen LogP contribution in [0, 0.1) is 0 Å². The van der Waals surface area contributed by atoms with Gasteiger partial charge in [0.25, 0.3) is 0 Å². The number of aromatic amines is 2. The number of carboxylic acids is 1. The van der Waals surface area contributed by atoms with E-state index in [1.165, 1.54) is 0 Å². The third kappa shape index (κ3) is 8.79. The van der Waals surface area contributed by atoms with E-state index in [4.69, 9.17) is 17.2 Å². The van der Waals surface area contributed by atoms with Crippen LogP contribution in [0.15, 0.2) is 65.9 Å². The number of H-pyrrole nitrogens is 2. The Hall–Kier alpha value is -5.02. The second-order valence-electron chi connectivity index (χ2n) is 10.9. The number of carbonyl (C=O) groups excluding carboxylic acids is 3. The molecule has 4 unspecified atom stereocenters. The number of hydrogen-bond donors (Lipinski definition) is 10. The molecule has 0 radical (unpaired) electrons. The van der Waals surface area contributed by atoms with Gasteiger partial charge >= 0.3 is 5.97 Å². The second kappa shape index (κ2) is 15.8. The van der Waals surface area contributed by atoms with E-state index in [9.17, 15) is 24.3 Å². The molecule has 0 aliphatic carbocycles. The number of carboxylic acid groups (broad SMARTS) is 1. The van der Waals surface area contributed by atoms with Crippen molar-refractivity contribution < 1.29 is 24.3 Å². The van der Waals surface area contributed by atoms with Crippen molar-refractivity contribution >= 4 is 64.1 Å². The molecule has 0 spiro atoms. The van der Waals surface area contributed by atoms with Gasteiger partial charge in [-0.05, 0) is 36.1 Å². The number of carbonyl (C=O) groups is 4. The molecule has 0 aliphatic rings. The van der Waals surface area contributed by atoms with Crippen LogP contribution < -0.4 is 33.2 Å². The molecule has 4 atom stereocenters. The maximum atomic E-state index is 13.6. The molecule has 244 valence electrons. The van der Waals surface area contributed by atoms with Gasteiger partial charge in [-0.1, -0.05) is 36.4 Å². The van der Waals surface area contributed by atoms with Crippen molar-refractivity contribution in [3.63, 3.8) is 0 Å². The molecule has 14 nitrogen and oxygen atoms in total. The molecular weight excluding hydrogens is 610 g/mol. The predicted octanol–water partition coefficient (Wildman–Crippen LogP) is 0.284. The average molecular weight is 650 g/mol. The zero-order chi connectivity index (χ0) is 33.2. The van der Waals surface area contributed by atoms with E-state index in [1.807, 2.05) is 48.5 Å². The highest BCUT2D eigenvalue weighted by Crippen LogP contribution is 2.20. The zero-order valence-electron chi connectivity index (χ0n) is 25.0. The van der Waals surface area contributed by atoms with Gasteiger partial charge in [-0.25, -0.2) is 4.79 Å². The third-order valence-corrected chi connectivity index (χ3v) is 7.93. The Balaban J connectivity index is 1.47. The molecule has 2 heterocycles. The first-order valence-electron chi connectivity index (χ1n) is 14.7. The number of rotatable bonds is 16. The number of benzene rings is 2. The van der Waals surface area contributed by atoms with Gasteiger partial charge in [0.2, 0.25) is 17.7 Å². The van der Waals surface area contributed by atoms with E-state index in [0.29, 0.717) is 18.5 Å². The van der Waals surface area contributed by atoms with Gasteiger partial charge in [0, 0.05) is 59.3 Å². The van der Waals surface area contributed by atoms with Crippen molar-refractivity contribution in [2.24, 2.45) is 22.2 Å². The minimum Gasteiger partial charge on any atom is -0.480 e. The molecular formula is C31H39N9O5S. The first-order valence-corrected chi connectivity index (χ1v) is 15.4. The minimum atomic E-state index is -1.27. The summed E-state index contributed by atoms with van der Waals surface area (Å²) in [6, 6.07) is 10.4. The number of hydrogen-bond acceptors (Lipinski definition) is 7. The molecule has 2 aromatic carbocycles. The van der Waals surface area contributed by atoms with Crippen molar-refractivity contribution in [1.82, 2.24) is 25.9 Å². The summed E-state index contributed by atoms with van der Waals surface area (Å²) >= 11 is 4.24. The number of aliphatic imine (C=N–C) groups is 1. The maximum absolute atomic E-state index is 13.6. The zero-order valence-corrected chi connectivity index (χ0v) is 25.9. The van der Waals surface area contributed by atoms with Crippen LogP contribution in [-0.2, 0) is 32.0 Å².